The molecule has 0 aliphatic carbocycles. The number of hydrogen-bond donors (Lipinski definition) is 1. The van der Waals surface area contributed by atoms with Gasteiger partial charge in [0.05, 0.1) is 30.8 Å². The average Bonchev–Trinajstić information content (AvgIpc) is 2.60. The number of alkyl halides is 1. The maximum Gasteiger partial charge on any atom is 0.360 e. The van der Waals surface area contributed by atoms with Gasteiger partial charge in [-0.1, -0.05) is 5.21 Å². The Morgan fingerprint density at radius 1 is 1.69 bits per heavy atom. The third-order valence-electron chi connectivity index (χ3n) is 1.87. The smallest absolute Gasteiger partial charge is 0.360 e. The molecule has 0 saturated carbocycles. The first-order chi connectivity index (χ1) is 7.60. The van der Waals surface area contributed by atoms with Crippen LogP contribution in [0.4, 0.5) is 0 Å². The van der Waals surface area contributed by atoms with E-state index in [0.717, 1.165) is 0 Å². The highest BCUT2D eigenvalue weighted by atomic mass is 35.5. The topological polar surface area (TPSA) is 77.2 Å². The van der Waals surface area contributed by atoms with Gasteiger partial charge in [-0.3, -0.25) is 0 Å². The predicted molar refractivity (Wildman–Crippen MR) is 57.2 cm³/mol. The van der Waals surface area contributed by atoms with Gasteiger partial charge in [0.15, 0.2) is 5.69 Å². The lowest BCUT2D eigenvalue weighted by Gasteiger charge is -2.06. The average molecular weight is 248 g/mol. The molecule has 0 radical (unpaired) electrons. The number of carbonyl (C=O) groups is 1. The highest BCUT2D eigenvalue weighted by Gasteiger charge is 2.20. The number of rotatable bonds is 5. The van der Waals surface area contributed by atoms with Crippen LogP contribution >= 0.6 is 11.6 Å². The molecule has 0 spiro atoms. The van der Waals surface area contributed by atoms with Crippen LogP contribution in [-0.4, -0.2) is 38.8 Å². The zero-order valence-electron chi connectivity index (χ0n) is 9.18. The number of nitrogens with zero attached hydrogens (tertiary/aromatic N) is 3. The molecule has 1 unspecified atom stereocenters. The van der Waals surface area contributed by atoms with Crippen molar-refractivity contribution in [3.05, 3.63) is 11.4 Å². The Balaban J connectivity index is 2.94. The second-order valence-corrected chi connectivity index (χ2v) is 3.54. The summed E-state index contributed by atoms with van der Waals surface area (Å²) in [5.74, 6) is -0.455. The number of carbonyl (C=O) groups excluding carboxylic acids is 1. The van der Waals surface area contributed by atoms with E-state index in [0.29, 0.717) is 5.69 Å². The summed E-state index contributed by atoms with van der Waals surface area (Å²) in [4.78, 5) is 11.5. The van der Waals surface area contributed by atoms with Crippen molar-refractivity contribution < 1.29 is 14.6 Å². The van der Waals surface area contributed by atoms with E-state index in [9.17, 15) is 9.90 Å². The molecule has 0 aliphatic rings. The summed E-state index contributed by atoms with van der Waals surface area (Å²) in [5, 5.41) is 16.7. The van der Waals surface area contributed by atoms with Gasteiger partial charge >= 0.3 is 5.97 Å². The minimum atomic E-state index is -0.585. The highest BCUT2D eigenvalue weighted by Crippen LogP contribution is 2.11. The standard InChI is InChI=1S/C9H14ClN3O3/c1-3-16-9(15)8-7(4-10)13(12-11-8)5-6(2)14/h6,14H,3-5H2,1-2H3. The Bertz CT molecular complexity index is 365. The van der Waals surface area contributed by atoms with Crippen LogP contribution in [-0.2, 0) is 17.2 Å². The van der Waals surface area contributed by atoms with Crippen molar-refractivity contribution in [1.29, 1.82) is 0 Å². The van der Waals surface area contributed by atoms with Crippen LogP contribution in [0.3, 0.4) is 0 Å². The van der Waals surface area contributed by atoms with Gasteiger partial charge < -0.3 is 9.84 Å². The molecule has 0 aliphatic heterocycles. The molecule has 7 heteroatoms. The zero-order chi connectivity index (χ0) is 12.1. The predicted octanol–water partition coefficient (Wildman–Crippen LogP) is 0.574. The van der Waals surface area contributed by atoms with Crippen LogP contribution in [0.2, 0.25) is 0 Å². The lowest BCUT2D eigenvalue weighted by molar-refractivity contribution is 0.0518. The van der Waals surface area contributed by atoms with E-state index in [1.807, 2.05) is 0 Å². The monoisotopic (exact) mass is 247 g/mol. The van der Waals surface area contributed by atoms with Crippen molar-refractivity contribution in [3.63, 3.8) is 0 Å². The first kappa shape index (κ1) is 12.9. The Morgan fingerprint density at radius 3 is 2.88 bits per heavy atom. The number of aliphatic hydroxyl groups is 1. The fraction of sp³-hybridized carbons (Fsp3) is 0.667. The van der Waals surface area contributed by atoms with Gasteiger partial charge in [0, 0.05) is 0 Å². The Kier molecular flexibility index (Phi) is 4.70. The van der Waals surface area contributed by atoms with Gasteiger partial charge in [-0.25, -0.2) is 9.48 Å². The first-order valence-electron chi connectivity index (χ1n) is 4.93. The van der Waals surface area contributed by atoms with Gasteiger partial charge in [-0.05, 0) is 13.8 Å². The van der Waals surface area contributed by atoms with Crippen LogP contribution in [0.15, 0.2) is 0 Å². The molecule has 90 valence electrons. The lowest BCUT2D eigenvalue weighted by atomic mass is 10.3. The molecule has 0 fully saturated rings. The molecule has 0 saturated heterocycles. The number of hydrogen-bond acceptors (Lipinski definition) is 5. The third kappa shape index (κ3) is 2.93. The molecule has 1 rings (SSSR count). The fourth-order valence-electron chi connectivity index (χ4n) is 1.22. The molecule has 1 aromatic rings. The molecule has 1 atom stereocenters. The molecule has 1 N–H and O–H groups in total. The van der Waals surface area contributed by atoms with Crippen molar-refractivity contribution >= 4 is 17.6 Å². The van der Waals surface area contributed by atoms with E-state index in [2.05, 4.69) is 10.3 Å². The van der Waals surface area contributed by atoms with Crippen molar-refractivity contribution in [2.75, 3.05) is 6.61 Å². The number of aromatic nitrogens is 3. The number of halogens is 1. The Hall–Kier alpha value is -1.14. The van der Waals surface area contributed by atoms with Crippen molar-refractivity contribution in [1.82, 2.24) is 15.0 Å². The first-order valence-corrected chi connectivity index (χ1v) is 5.47. The summed E-state index contributed by atoms with van der Waals surface area (Å²) < 4.78 is 6.22. The van der Waals surface area contributed by atoms with E-state index < -0.39 is 12.1 Å². The van der Waals surface area contributed by atoms with E-state index in [4.69, 9.17) is 16.3 Å². The summed E-state index contributed by atoms with van der Waals surface area (Å²) in [6, 6.07) is 0. The third-order valence-corrected chi connectivity index (χ3v) is 2.12. The van der Waals surface area contributed by atoms with E-state index >= 15 is 0 Å². The molecule has 0 bridgehead atoms. The Labute approximate surface area is 98.2 Å². The SMILES string of the molecule is CCOC(=O)c1nnn(CC(C)O)c1CCl. The number of ether oxygens (including phenoxy) is 1. The molecule has 1 heterocycles. The minimum Gasteiger partial charge on any atom is -0.461 e. The van der Waals surface area contributed by atoms with Crippen LogP contribution in [0, 0.1) is 0 Å². The molecule has 6 nitrogen and oxygen atoms in total. The zero-order valence-corrected chi connectivity index (χ0v) is 9.94. The summed E-state index contributed by atoms with van der Waals surface area (Å²) in [6.07, 6.45) is -0.585. The van der Waals surface area contributed by atoms with Gasteiger partial charge in [-0.15, -0.1) is 16.7 Å². The van der Waals surface area contributed by atoms with E-state index in [1.54, 1.807) is 13.8 Å². The largest absolute Gasteiger partial charge is 0.461 e. The quantitative estimate of drug-likeness (QED) is 0.608. The second kappa shape index (κ2) is 5.81. The summed E-state index contributed by atoms with van der Waals surface area (Å²) in [5.41, 5.74) is 0.568. The lowest BCUT2D eigenvalue weighted by Crippen LogP contribution is -2.16. The molecule has 16 heavy (non-hydrogen) atoms. The van der Waals surface area contributed by atoms with Gasteiger partial charge in [0.2, 0.25) is 0 Å². The normalized spacial score (nSPS) is 12.5. The van der Waals surface area contributed by atoms with Crippen molar-refractivity contribution in [2.45, 2.75) is 32.4 Å². The summed E-state index contributed by atoms with van der Waals surface area (Å²) in [6.45, 7) is 3.83. The number of aliphatic hydroxyl groups excluding tert-OH is 1. The maximum atomic E-state index is 11.5. The van der Waals surface area contributed by atoms with Gasteiger partial charge in [0.1, 0.15) is 0 Å². The van der Waals surface area contributed by atoms with Crippen LogP contribution in [0.25, 0.3) is 0 Å². The maximum absolute atomic E-state index is 11.5. The van der Waals surface area contributed by atoms with Crippen LogP contribution in [0.5, 0.6) is 0 Å². The fourth-order valence-corrected chi connectivity index (χ4v) is 1.48. The summed E-state index contributed by atoms with van der Waals surface area (Å²) in [7, 11) is 0. The van der Waals surface area contributed by atoms with E-state index in [-0.39, 0.29) is 24.7 Å². The van der Waals surface area contributed by atoms with Crippen molar-refractivity contribution in [2.24, 2.45) is 0 Å². The second-order valence-electron chi connectivity index (χ2n) is 3.27. The Morgan fingerprint density at radius 2 is 2.38 bits per heavy atom. The summed E-state index contributed by atoms with van der Waals surface area (Å²) >= 11 is 5.72. The van der Waals surface area contributed by atoms with Gasteiger partial charge in [-0.2, -0.15) is 0 Å². The molecule has 1 aromatic heterocycles. The molecule has 0 aromatic carbocycles. The molecular weight excluding hydrogens is 234 g/mol. The highest BCUT2D eigenvalue weighted by molar-refractivity contribution is 6.17. The van der Waals surface area contributed by atoms with Crippen LogP contribution in [0.1, 0.15) is 30.0 Å². The van der Waals surface area contributed by atoms with Crippen LogP contribution < -0.4 is 0 Å². The van der Waals surface area contributed by atoms with E-state index in [1.165, 1.54) is 4.68 Å². The van der Waals surface area contributed by atoms with Gasteiger partial charge in [0.25, 0.3) is 0 Å². The molecular formula is C9H14ClN3O3. The molecule has 0 amide bonds. The number of esters is 1. The van der Waals surface area contributed by atoms with Crippen molar-refractivity contribution in [3.8, 4) is 0 Å². The minimum absolute atomic E-state index is 0.0911.